The number of aryl methyl sites for hydroxylation is 1. The summed E-state index contributed by atoms with van der Waals surface area (Å²) in [4.78, 5) is 13.2. The van der Waals surface area contributed by atoms with E-state index in [0.29, 0.717) is 27.8 Å². The monoisotopic (exact) mass is 435 g/mol. The summed E-state index contributed by atoms with van der Waals surface area (Å²) in [7, 11) is 0. The Kier molecular flexibility index (Phi) is 5.80. The second-order valence-electron chi connectivity index (χ2n) is 7.89. The predicted molar refractivity (Wildman–Crippen MR) is 122 cm³/mol. The number of anilines is 1. The van der Waals surface area contributed by atoms with E-state index in [1.807, 2.05) is 19.9 Å². The number of halogens is 2. The minimum Gasteiger partial charge on any atom is -0.455 e. The van der Waals surface area contributed by atoms with E-state index in [4.69, 9.17) is 4.42 Å². The van der Waals surface area contributed by atoms with Crippen molar-refractivity contribution in [3.8, 4) is 11.3 Å². The highest BCUT2D eigenvalue weighted by molar-refractivity contribution is 5.84. The molecule has 0 saturated carbocycles. The third kappa shape index (κ3) is 3.78. The number of aliphatic hydroxyl groups is 1. The number of fused-ring (bicyclic) bond motifs is 1. The average molecular weight is 435 g/mol. The minimum atomic E-state index is -0.511. The number of rotatable bonds is 5. The first-order valence-corrected chi connectivity index (χ1v) is 10.3. The van der Waals surface area contributed by atoms with Crippen LogP contribution < -0.4 is 10.7 Å². The highest BCUT2D eigenvalue weighted by atomic mass is 19.1. The van der Waals surface area contributed by atoms with Crippen LogP contribution in [0.5, 0.6) is 0 Å². The van der Waals surface area contributed by atoms with Crippen LogP contribution in [0.25, 0.3) is 22.3 Å². The molecule has 0 aliphatic heterocycles. The molecule has 0 fully saturated rings. The molecule has 0 bridgehead atoms. The van der Waals surface area contributed by atoms with Crippen LogP contribution in [0.15, 0.2) is 63.8 Å². The number of hydrogen-bond acceptors (Lipinski definition) is 4. The normalized spacial score (nSPS) is 12.2. The Morgan fingerprint density at radius 1 is 1.03 bits per heavy atom. The van der Waals surface area contributed by atoms with Crippen LogP contribution in [0, 0.1) is 25.5 Å². The van der Waals surface area contributed by atoms with E-state index in [1.54, 1.807) is 43.3 Å². The molecule has 164 valence electrons. The molecule has 1 heterocycles. The minimum absolute atomic E-state index is 0.153. The van der Waals surface area contributed by atoms with Gasteiger partial charge < -0.3 is 14.8 Å². The fourth-order valence-electron chi connectivity index (χ4n) is 3.96. The summed E-state index contributed by atoms with van der Waals surface area (Å²) >= 11 is 0. The first-order valence-electron chi connectivity index (χ1n) is 10.3. The lowest BCUT2D eigenvalue weighted by molar-refractivity contribution is 0.276. The molecule has 4 nitrogen and oxygen atoms in total. The van der Waals surface area contributed by atoms with Crippen molar-refractivity contribution in [1.82, 2.24) is 0 Å². The lowest BCUT2D eigenvalue weighted by atomic mass is 9.98. The van der Waals surface area contributed by atoms with Crippen molar-refractivity contribution in [3.63, 3.8) is 0 Å². The lowest BCUT2D eigenvalue weighted by Gasteiger charge is -2.20. The second kappa shape index (κ2) is 8.55. The van der Waals surface area contributed by atoms with Crippen molar-refractivity contribution in [2.24, 2.45) is 0 Å². The molecule has 0 aliphatic rings. The van der Waals surface area contributed by atoms with Gasteiger partial charge in [-0.1, -0.05) is 24.3 Å². The molecule has 4 aromatic rings. The maximum absolute atomic E-state index is 14.5. The van der Waals surface area contributed by atoms with Gasteiger partial charge in [-0.15, -0.1) is 0 Å². The summed E-state index contributed by atoms with van der Waals surface area (Å²) in [5.74, 6) is -0.812. The highest BCUT2D eigenvalue weighted by Gasteiger charge is 2.21. The number of nitrogens with one attached hydrogen (secondary N) is 1. The van der Waals surface area contributed by atoms with Crippen LogP contribution in [-0.2, 0) is 6.61 Å². The Hall–Kier alpha value is -3.51. The van der Waals surface area contributed by atoms with Gasteiger partial charge >= 0.3 is 0 Å². The van der Waals surface area contributed by atoms with Crippen LogP contribution >= 0.6 is 0 Å². The fourth-order valence-corrected chi connectivity index (χ4v) is 3.96. The van der Waals surface area contributed by atoms with E-state index in [9.17, 15) is 18.7 Å². The highest BCUT2D eigenvalue weighted by Crippen LogP contribution is 2.33. The first kappa shape index (κ1) is 21.7. The number of benzene rings is 3. The lowest BCUT2D eigenvalue weighted by Crippen LogP contribution is -2.13. The predicted octanol–water partition coefficient (Wildman–Crippen LogP) is 6.02. The summed E-state index contributed by atoms with van der Waals surface area (Å²) < 4.78 is 34.7. The zero-order valence-electron chi connectivity index (χ0n) is 18.0. The van der Waals surface area contributed by atoms with Crippen molar-refractivity contribution in [2.45, 2.75) is 33.4 Å². The van der Waals surface area contributed by atoms with Gasteiger partial charge in [-0.2, -0.15) is 0 Å². The Morgan fingerprint density at radius 2 is 1.75 bits per heavy atom. The summed E-state index contributed by atoms with van der Waals surface area (Å²) in [6.07, 6.45) is 0. The van der Waals surface area contributed by atoms with Gasteiger partial charge in [0.2, 0.25) is 0 Å². The zero-order valence-corrected chi connectivity index (χ0v) is 18.0. The van der Waals surface area contributed by atoms with Crippen LogP contribution in [0.1, 0.15) is 35.2 Å². The van der Waals surface area contributed by atoms with Crippen LogP contribution in [0.2, 0.25) is 0 Å². The molecule has 0 spiro atoms. The Morgan fingerprint density at radius 3 is 2.47 bits per heavy atom. The molecule has 1 atom stereocenters. The van der Waals surface area contributed by atoms with E-state index in [1.165, 1.54) is 12.1 Å². The molecule has 6 heteroatoms. The van der Waals surface area contributed by atoms with E-state index in [0.717, 1.165) is 5.56 Å². The van der Waals surface area contributed by atoms with Crippen LogP contribution in [0.4, 0.5) is 14.5 Å². The molecular weight excluding hydrogens is 412 g/mol. The molecule has 0 aliphatic carbocycles. The molecule has 32 heavy (non-hydrogen) atoms. The molecular formula is C26H23F2NO3. The maximum Gasteiger partial charge on any atom is 0.196 e. The van der Waals surface area contributed by atoms with E-state index in [2.05, 4.69) is 5.32 Å². The smallest absolute Gasteiger partial charge is 0.196 e. The Balaban J connectivity index is 1.91. The van der Waals surface area contributed by atoms with Crippen LogP contribution in [0.3, 0.4) is 0 Å². The van der Waals surface area contributed by atoms with E-state index < -0.39 is 24.3 Å². The van der Waals surface area contributed by atoms with Gasteiger partial charge in [-0.3, -0.25) is 4.79 Å². The molecule has 0 radical (unpaired) electrons. The van der Waals surface area contributed by atoms with Gasteiger partial charge in [0.15, 0.2) is 5.43 Å². The van der Waals surface area contributed by atoms with Gasteiger partial charge in [0.05, 0.1) is 23.6 Å². The first-order chi connectivity index (χ1) is 15.3. The maximum atomic E-state index is 14.5. The molecule has 1 unspecified atom stereocenters. The summed E-state index contributed by atoms with van der Waals surface area (Å²) in [6, 6.07) is 13.9. The fraction of sp³-hybridized carbons (Fsp3) is 0.192. The van der Waals surface area contributed by atoms with Crippen molar-refractivity contribution >= 4 is 16.7 Å². The SMILES string of the molecule is Cc1cc(C(C)Nc2cccc(F)c2CO)c2oc(-c3ccccc3F)c(C)c(=O)c2c1. The molecule has 1 aromatic heterocycles. The summed E-state index contributed by atoms with van der Waals surface area (Å²) in [5, 5.41) is 13.2. The third-order valence-electron chi connectivity index (χ3n) is 5.63. The largest absolute Gasteiger partial charge is 0.455 e. The van der Waals surface area contributed by atoms with E-state index in [-0.39, 0.29) is 22.3 Å². The molecule has 4 rings (SSSR count). The van der Waals surface area contributed by atoms with Crippen molar-refractivity contribution in [2.75, 3.05) is 5.32 Å². The molecule has 2 N–H and O–H groups in total. The summed E-state index contributed by atoms with van der Waals surface area (Å²) in [6.45, 7) is 4.89. The van der Waals surface area contributed by atoms with Crippen molar-refractivity contribution in [3.05, 3.63) is 98.7 Å². The number of hydrogen-bond donors (Lipinski definition) is 2. The van der Waals surface area contributed by atoms with Gasteiger partial charge in [-0.05, 0) is 56.7 Å². The van der Waals surface area contributed by atoms with Gasteiger partial charge in [0, 0.05) is 22.4 Å². The van der Waals surface area contributed by atoms with Crippen LogP contribution in [-0.4, -0.2) is 5.11 Å². The standard InChI is InChI=1S/C26H23F2NO3/c1-14-11-18(16(3)29-23-10-6-9-22(28)20(23)13-30)26-19(12-14)24(31)15(2)25(32-26)17-7-4-5-8-21(17)27/h4-12,16,29-30H,13H2,1-3H3. The second-order valence-corrected chi connectivity index (χ2v) is 7.89. The van der Waals surface area contributed by atoms with Gasteiger partial charge in [0.1, 0.15) is 23.0 Å². The van der Waals surface area contributed by atoms with Gasteiger partial charge in [-0.25, -0.2) is 8.78 Å². The molecule has 0 saturated heterocycles. The van der Waals surface area contributed by atoms with Crippen molar-refractivity contribution in [1.29, 1.82) is 0 Å². The van der Waals surface area contributed by atoms with Gasteiger partial charge in [0.25, 0.3) is 0 Å². The zero-order chi connectivity index (χ0) is 23.0. The quantitative estimate of drug-likeness (QED) is 0.402. The average Bonchev–Trinajstić information content (AvgIpc) is 2.77. The van der Waals surface area contributed by atoms with Crippen molar-refractivity contribution < 1.29 is 18.3 Å². The Labute approximate surface area is 184 Å². The molecule has 0 amide bonds. The van der Waals surface area contributed by atoms with E-state index >= 15 is 0 Å². The molecule has 3 aromatic carbocycles. The number of aliphatic hydroxyl groups excluding tert-OH is 1. The third-order valence-corrected chi connectivity index (χ3v) is 5.63. The summed E-state index contributed by atoms with van der Waals surface area (Å²) in [5.41, 5.74) is 2.77. The Bertz CT molecular complexity index is 1380. The topological polar surface area (TPSA) is 62.5 Å².